The fraction of sp³-hybridized carbons (Fsp3) is 0.286. The van der Waals surface area contributed by atoms with E-state index < -0.39 is 11.4 Å². The molecule has 0 aliphatic rings. The standard InChI is InChI=1S/C14H15BrFN3O2/c1-14(2,17)12-6-11(21-19-12)13(20)18-7-8-5-9(15)3-4-10(8)16/h3-6H,7,17H2,1-2H3,(H,18,20). The fourth-order valence-corrected chi connectivity index (χ4v) is 2.04. The molecule has 0 bridgehead atoms. The first-order valence-corrected chi connectivity index (χ1v) is 7.05. The van der Waals surface area contributed by atoms with Crippen LogP contribution in [0.3, 0.4) is 0 Å². The Labute approximate surface area is 129 Å². The van der Waals surface area contributed by atoms with Crippen molar-refractivity contribution in [1.82, 2.24) is 10.5 Å². The summed E-state index contributed by atoms with van der Waals surface area (Å²) in [5.74, 6) is -0.823. The minimum atomic E-state index is -0.696. The van der Waals surface area contributed by atoms with E-state index >= 15 is 0 Å². The summed E-state index contributed by atoms with van der Waals surface area (Å²) in [6, 6.07) is 6.00. The van der Waals surface area contributed by atoms with Gasteiger partial charge >= 0.3 is 0 Å². The van der Waals surface area contributed by atoms with Crippen LogP contribution >= 0.6 is 15.9 Å². The third kappa shape index (κ3) is 3.89. The molecule has 0 saturated heterocycles. The molecule has 0 saturated carbocycles. The topological polar surface area (TPSA) is 81.2 Å². The average molecular weight is 356 g/mol. The number of carbonyl (C=O) groups excluding carboxylic acids is 1. The van der Waals surface area contributed by atoms with Gasteiger partial charge in [-0.1, -0.05) is 21.1 Å². The predicted molar refractivity (Wildman–Crippen MR) is 79.0 cm³/mol. The monoisotopic (exact) mass is 355 g/mol. The normalized spacial score (nSPS) is 11.5. The maximum absolute atomic E-state index is 13.6. The van der Waals surface area contributed by atoms with Crippen LogP contribution in [0.2, 0.25) is 0 Å². The first-order chi connectivity index (χ1) is 9.77. The van der Waals surface area contributed by atoms with Crippen LogP contribution in [0.25, 0.3) is 0 Å². The largest absolute Gasteiger partial charge is 0.351 e. The van der Waals surface area contributed by atoms with Crippen molar-refractivity contribution in [2.45, 2.75) is 25.9 Å². The van der Waals surface area contributed by atoms with E-state index in [4.69, 9.17) is 10.3 Å². The van der Waals surface area contributed by atoms with Crippen molar-refractivity contribution in [3.8, 4) is 0 Å². The number of benzene rings is 1. The van der Waals surface area contributed by atoms with Gasteiger partial charge in [0.25, 0.3) is 5.91 Å². The van der Waals surface area contributed by atoms with Crippen molar-refractivity contribution < 1.29 is 13.7 Å². The average Bonchev–Trinajstić information content (AvgIpc) is 2.89. The molecule has 1 amide bonds. The summed E-state index contributed by atoms with van der Waals surface area (Å²) >= 11 is 3.25. The van der Waals surface area contributed by atoms with E-state index in [2.05, 4.69) is 26.4 Å². The van der Waals surface area contributed by atoms with E-state index in [1.165, 1.54) is 12.1 Å². The summed E-state index contributed by atoms with van der Waals surface area (Å²) in [4.78, 5) is 11.9. The molecule has 112 valence electrons. The lowest BCUT2D eigenvalue weighted by molar-refractivity contribution is 0.0913. The lowest BCUT2D eigenvalue weighted by Gasteiger charge is -2.12. The molecule has 1 aromatic heterocycles. The number of nitrogens with one attached hydrogen (secondary N) is 1. The minimum Gasteiger partial charge on any atom is -0.351 e. The van der Waals surface area contributed by atoms with Gasteiger partial charge < -0.3 is 15.6 Å². The van der Waals surface area contributed by atoms with E-state index in [0.29, 0.717) is 11.3 Å². The summed E-state index contributed by atoms with van der Waals surface area (Å²) in [6.45, 7) is 3.55. The van der Waals surface area contributed by atoms with Crippen molar-refractivity contribution in [3.63, 3.8) is 0 Å². The number of hydrogen-bond acceptors (Lipinski definition) is 4. The Kier molecular flexibility index (Phi) is 4.43. The molecule has 1 aromatic carbocycles. The van der Waals surface area contributed by atoms with E-state index in [1.807, 2.05) is 0 Å². The van der Waals surface area contributed by atoms with Crippen molar-refractivity contribution in [2.75, 3.05) is 0 Å². The van der Waals surface area contributed by atoms with Crippen LogP contribution in [0.1, 0.15) is 35.7 Å². The van der Waals surface area contributed by atoms with Crippen LogP contribution in [0.5, 0.6) is 0 Å². The summed E-state index contributed by atoms with van der Waals surface area (Å²) in [6.07, 6.45) is 0. The summed E-state index contributed by atoms with van der Waals surface area (Å²) < 4.78 is 19.2. The summed E-state index contributed by atoms with van der Waals surface area (Å²) in [5.41, 5.74) is 6.01. The Morgan fingerprint density at radius 3 is 2.81 bits per heavy atom. The van der Waals surface area contributed by atoms with Gasteiger partial charge in [-0.25, -0.2) is 4.39 Å². The van der Waals surface area contributed by atoms with Crippen LogP contribution in [0.4, 0.5) is 4.39 Å². The van der Waals surface area contributed by atoms with Gasteiger partial charge in [0.2, 0.25) is 5.76 Å². The number of aromatic nitrogens is 1. The number of nitrogens with two attached hydrogens (primary N) is 1. The Morgan fingerprint density at radius 1 is 1.48 bits per heavy atom. The Bertz CT molecular complexity index is 664. The van der Waals surface area contributed by atoms with Crippen LogP contribution in [-0.2, 0) is 12.1 Å². The number of rotatable bonds is 4. The Hall–Kier alpha value is -1.73. The summed E-state index contributed by atoms with van der Waals surface area (Å²) in [7, 11) is 0. The van der Waals surface area contributed by atoms with Gasteiger partial charge in [-0.2, -0.15) is 0 Å². The maximum Gasteiger partial charge on any atom is 0.290 e. The number of halogens is 2. The molecule has 0 unspecified atom stereocenters. The van der Waals surface area contributed by atoms with Gasteiger partial charge in [0, 0.05) is 22.6 Å². The number of nitrogens with zero attached hydrogens (tertiary/aromatic N) is 1. The molecule has 5 nitrogen and oxygen atoms in total. The molecule has 0 aliphatic heterocycles. The zero-order valence-corrected chi connectivity index (χ0v) is 13.2. The molecule has 1 heterocycles. The van der Waals surface area contributed by atoms with Gasteiger partial charge in [-0.3, -0.25) is 4.79 Å². The number of hydrogen-bond donors (Lipinski definition) is 2. The minimum absolute atomic E-state index is 0.0407. The summed E-state index contributed by atoms with van der Waals surface area (Å²) in [5, 5.41) is 6.33. The molecule has 0 fully saturated rings. The molecule has 2 aromatic rings. The van der Waals surface area contributed by atoms with Crippen molar-refractivity contribution in [3.05, 3.63) is 51.6 Å². The van der Waals surface area contributed by atoms with Gasteiger partial charge in [-0.15, -0.1) is 0 Å². The van der Waals surface area contributed by atoms with Crippen molar-refractivity contribution in [1.29, 1.82) is 0 Å². The van der Waals surface area contributed by atoms with Gasteiger partial charge in [0.05, 0.1) is 5.54 Å². The molecule has 0 aliphatic carbocycles. The molecule has 0 radical (unpaired) electrons. The van der Waals surface area contributed by atoms with Crippen LogP contribution in [0.15, 0.2) is 33.3 Å². The molecule has 3 N–H and O–H groups in total. The quantitative estimate of drug-likeness (QED) is 0.883. The number of carbonyl (C=O) groups is 1. The molecule has 0 atom stereocenters. The second-order valence-electron chi connectivity index (χ2n) is 5.22. The molecular formula is C14H15BrFN3O2. The number of amides is 1. The highest BCUT2D eigenvalue weighted by Gasteiger charge is 2.22. The van der Waals surface area contributed by atoms with Crippen LogP contribution in [0, 0.1) is 5.82 Å². The fourth-order valence-electron chi connectivity index (χ4n) is 1.63. The third-order valence-corrected chi connectivity index (χ3v) is 3.33. The van der Waals surface area contributed by atoms with E-state index in [1.54, 1.807) is 26.0 Å². The third-order valence-electron chi connectivity index (χ3n) is 2.84. The highest BCUT2D eigenvalue weighted by Crippen LogP contribution is 2.17. The molecule has 7 heteroatoms. The first-order valence-electron chi connectivity index (χ1n) is 6.25. The zero-order chi connectivity index (χ0) is 15.6. The van der Waals surface area contributed by atoms with Crippen molar-refractivity contribution >= 4 is 21.8 Å². The second kappa shape index (κ2) is 5.95. The molecule has 2 rings (SSSR count). The van der Waals surface area contributed by atoms with Crippen LogP contribution in [-0.4, -0.2) is 11.1 Å². The van der Waals surface area contributed by atoms with E-state index in [9.17, 15) is 9.18 Å². The second-order valence-corrected chi connectivity index (χ2v) is 6.13. The van der Waals surface area contributed by atoms with E-state index in [0.717, 1.165) is 4.47 Å². The highest BCUT2D eigenvalue weighted by molar-refractivity contribution is 9.10. The highest BCUT2D eigenvalue weighted by atomic mass is 79.9. The van der Waals surface area contributed by atoms with Crippen LogP contribution < -0.4 is 11.1 Å². The van der Waals surface area contributed by atoms with E-state index in [-0.39, 0.29) is 18.1 Å². The van der Waals surface area contributed by atoms with Gasteiger partial charge in [0.15, 0.2) is 0 Å². The molecule has 0 spiro atoms. The zero-order valence-electron chi connectivity index (χ0n) is 11.6. The van der Waals surface area contributed by atoms with Gasteiger partial charge in [0.1, 0.15) is 11.5 Å². The molecule has 21 heavy (non-hydrogen) atoms. The van der Waals surface area contributed by atoms with Gasteiger partial charge in [-0.05, 0) is 32.0 Å². The predicted octanol–water partition coefficient (Wildman–Crippen LogP) is 2.70. The Balaban J connectivity index is 2.05. The lowest BCUT2D eigenvalue weighted by atomic mass is 10.0. The first kappa shape index (κ1) is 15.7. The Morgan fingerprint density at radius 2 is 2.19 bits per heavy atom. The SMILES string of the molecule is CC(C)(N)c1cc(C(=O)NCc2cc(Br)ccc2F)on1. The lowest BCUT2D eigenvalue weighted by Crippen LogP contribution is -2.29. The molecular weight excluding hydrogens is 341 g/mol. The van der Waals surface area contributed by atoms with Crippen molar-refractivity contribution in [2.24, 2.45) is 5.73 Å². The maximum atomic E-state index is 13.6. The smallest absolute Gasteiger partial charge is 0.290 e.